The summed E-state index contributed by atoms with van der Waals surface area (Å²) in [6, 6.07) is 12.6. The Morgan fingerprint density at radius 3 is 2.69 bits per heavy atom. The minimum absolute atomic E-state index is 0.187. The van der Waals surface area contributed by atoms with Gasteiger partial charge in [0.1, 0.15) is 23.8 Å². The fourth-order valence-electron chi connectivity index (χ4n) is 6.40. The van der Waals surface area contributed by atoms with E-state index in [1.807, 2.05) is 36.4 Å². The molecule has 5 heterocycles. The number of hydrogen-bond donors (Lipinski definition) is 4. The van der Waals surface area contributed by atoms with Crippen molar-refractivity contribution in [3.05, 3.63) is 82.7 Å². The maximum Gasteiger partial charge on any atom is 0.329 e. The molecule has 1 saturated heterocycles. The molecule has 0 bridgehead atoms. The van der Waals surface area contributed by atoms with Crippen molar-refractivity contribution >= 4 is 57.0 Å². The zero-order valence-corrected chi connectivity index (χ0v) is 29.8. The van der Waals surface area contributed by atoms with Gasteiger partial charge in [-0.15, -0.1) is 0 Å². The molecule has 2 unspecified atom stereocenters. The Morgan fingerprint density at radius 2 is 1.85 bits per heavy atom. The zero-order valence-electron chi connectivity index (χ0n) is 29.8. The van der Waals surface area contributed by atoms with Crippen LogP contribution in [0.4, 0.5) is 21.7 Å². The first-order chi connectivity index (χ1) is 26.2. The number of alkyl halides is 1. The molecule has 5 aromatic rings. The van der Waals surface area contributed by atoms with Crippen molar-refractivity contribution in [2.45, 2.75) is 56.8 Å². The first-order valence-electron chi connectivity index (χ1n) is 18.1. The second kappa shape index (κ2) is 16.5. The number of ether oxygens (including phenoxy) is 2. The number of benzene rings is 1. The molecule has 3 amide bonds. The molecule has 0 radical (unpaired) electrons. The fourth-order valence-corrected chi connectivity index (χ4v) is 6.40. The molecule has 2 aliphatic rings. The Morgan fingerprint density at radius 1 is 1.00 bits per heavy atom. The average Bonchev–Trinajstić information content (AvgIpc) is 3.96. The molecular weight excluding hydrogens is 697 g/mol. The number of halogens is 1. The number of nitrogens with one attached hydrogen (secondary N) is 4. The lowest BCUT2D eigenvalue weighted by molar-refractivity contribution is -0.135. The van der Waals surface area contributed by atoms with Gasteiger partial charge in [-0.3, -0.25) is 33.8 Å². The maximum absolute atomic E-state index is 14.7. The quantitative estimate of drug-likeness (QED) is 0.0806. The molecule has 282 valence electrons. The van der Waals surface area contributed by atoms with Gasteiger partial charge in [0.15, 0.2) is 0 Å². The summed E-state index contributed by atoms with van der Waals surface area (Å²) in [5, 5.41) is 12.5. The average molecular weight is 740 g/mol. The molecule has 0 spiro atoms. The fraction of sp³-hybridized carbons (Fsp3) is 0.395. The summed E-state index contributed by atoms with van der Waals surface area (Å²) in [6.07, 6.45) is 7.38. The highest BCUT2D eigenvalue weighted by Crippen LogP contribution is 2.29. The molecule has 16 heteroatoms. The smallest absolute Gasteiger partial charge is 0.329 e. The molecule has 1 aromatic carbocycles. The number of carbonyl (C=O) groups is 3. The Kier molecular flexibility index (Phi) is 11.2. The van der Waals surface area contributed by atoms with Gasteiger partial charge in [-0.2, -0.15) is 0 Å². The van der Waals surface area contributed by atoms with E-state index in [4.69, 9.17) is 9.47 Å². The molecule has 15 nitrogen and oxygen atoms in total. The number of aromatic nitrogens is 5. The van der Waals surface area contributed by atoms with E-state index in [1.165, 1.54) is 15.3 Å². The van der Waals surface area contributed by atoms with Gasteiger partial charge in [0.2, 0.25) is 11.8 Å². The van der Waals surface area contributed by atoms with Crippen LogP contribution in [0.2, 0.25) is 0 Å². The van der Waals surface area contributed by atoms with Crippen LogP contribution in [0.3, 0.4) is 0 Å². The van der Waals surface area contributed by atoms with Gasteiger partial charge in [-0.1, -0.05) is 6.07 Å². The van der Waals surface area contributed by atoms with E-state index in [0.29, 0.717) is 53.4 Å². The molecule has 1 aliphatic carbocycles. The van der Waals surface area contributed by atoms with Gasteiger partial charge in [-0.25, -0.2) is 19.2 Å². The molecule has 1 saturated carbocycles. The summed E-state index contributed by atoms with van der Waals surface area (Å²) in [4.78, 5) is 63.2. The number of imidazole rings is 1. The van der Waals surface area contributed by atoms with Crippen LogP contribution in [0, 0.1) is 0 Å². The normalized spacial score (nSPS) is 16.4. The van der Waals surface area contributed by atoms with Crippen molar-refractivity contribution in [1.29, 1.82) is 0 Å². The predicted molar refractivity (Wildman–Crippen MR) is 199 cm³/mol. The summed E-state index contributed by atoms with van der Waals surface area (Å²) < 4.78 is 28.7. The number of hydrogen-bond acceptors (Lipinski definition) is 11. The molecule has 7 rings (SSSR count). The van der Waals surface area contributed by atoms with Gasteiger partial charge < -0.3 is 25.4 Å². The molecule has 4 N–H and O–H groups in total. The van der Waals surface area contributed by atoms with Crippen molar-refractivity contribution < 1.29 is 28.2 Å². The Labute approximate surface area is 309 Å². The highest BCUT2D eigenvalue weighted by atomic mass is 19.1. The number of imide groups is 1. The molecule has 54 heavy (non-hydrogen) atoms. The van der Waals surface area contributed by atoms with Gasteiger partial charge in [-0.05, 0) is 68.0 Å². The highest BCUT2D eigenvalue weighted by molar-refractivity contribution is 6.00. The number of amides is 3. The van der Waals surface area contributed by atoms with Crippen molar-refractivity contribution in [1.82, 2.24) is 34.7 Å². The third-order valence-electron chi connectivity index (χ3n) is 9.42. The number of carbonyl (C=O) groups excluding carboxylic acids is 3. The van der Waals surface area contributed by atoms with Gasteiger partial charge in [0.25, 0.3) is 5.91 Å². The first-order valence-corrected chi connectivity index (χ1v) is 18.1. The maximum atomic E-state index is 14.7. The number of anilines is 3. The molecular formula is C38H42FN9O6. The Balaban J connectivity index is 0.814. The van der Waals surface area contributed by atoms with Crippen LogP contribution < -0.4 is 27.0 Å². The number of aryl methyl sites for hydroxylation is 2. The van der Waals surface area contributed by atoms with Crippen molar-refractivity contribution in [2.24, 2.45) is 7.05 Å². The van der Waals surface area contributed by atoms with E-state index in [1.54, 1.807) is 25.5 Å². The van der Waals surface area contributed by atoms with Gasteiger partial charge >= 0.3 is 5.69 Å². The second-order valence-corrected chi connectivity index (χ2v) is 13.5. The van der Waals surface area contributed by atoms with Crippen LogP contribution in [-0.4, -0.2) is 87.0 Å². The van der Waals surface area contributed by atoms with E-state index in [9.17, 15) is 23.6 Å². The van der Waals surface area contributed by atoms with Crippen LogP contribution >= 0.6 is 0 Å². The summed E-state index contributed by atoms with van der Waals surface area (Å²) in [5.74, 6) is -0.110. The van der Waals surface area contributed by atoms with E-state index < -0.39 is 24.0 Å². The van der Waals surface area contributed by atoms with E-state index in [0.717, 1.165) is 29.3 Å². The van der Waals surface area contributed by atoms with Crippen molar-refractivity contribution in [2.75, 3.05) is 43.6 Å². The minimum Gasteiger partial charge on any atom is -0.382 e. The van der Waals surface area contributed by atoms with Crippen LogP contribution in [0.5, 0.6) is 0 Å². The number of fused-ring (bicyclic) bond motifs is 2. The lowest BCUT2D eigenvalue weighted by atomic mass is 10.1. The lowest BCUT2D eigenvalue weighted by Gasteiger charge is -2.21. The Bertz CT molecular complexity index is 2240. The largest absolute Gasteiger partial charge is 0.382 e. The summed E-state index contributed by atoms with van der Waals surface area (Å²) in [7, 11) is 1.66. The van der Waals surface area contributed by atoms with Crippen molar-refractivity contribution in [3.8, 4) is 0 Å². The van der Waals surface area contributed by atoms with Crippen LogP contribution in [0.25, 0.3) is 21.9 Å². The topological polar surface area (TPSA) is 183 Å². The van der Waals surface area contributed by atoms with E-state index in [2.05, 4.69) is 36.2 Å². The number of piperidine rings is 1. The standard InChI is InChI=1S/C38H42FN9O6/c1-47-32-17-23(4-8-30(32)48(38(47)52)31-9-11-35(49)46-37(31)51)3-2-14-53-15-16-54-22-25(39)20-42-36(50)27-21-41-34(18-29(27)43-26-6-7-26)45-33-10-5-24-19-40-13-12-28(24)44-33/h4-5,8,10,12-13,17-19,21,25-26,31H,2-3,6-7,9,11,14-16,20,22H2,1H3,(H,42,50)(H,46,49,51)(H2,41,43,44,45). The highest BCUT2D eigenvalue weighted by Gasteiger charge is 2.31. The lowest BCUT2D eigenvalue weighted by Crippen LogP contribution is -2.44. The van der Waals surface area contributed by atoms with E-state index >= 15 is 0 Å². The number of pyridine rings is 3. The molecule has 2 fully saturated rings. The zero-order chi connectivity index (χ0) is 37.6. The second-order valence-electron chi connectivity index (χ2n) is 13.5. The summed E-state index contributed by atoms with van der Waals surface area (Å²) in [5.41, 5.74) is 3.77. The first kappa shape index (κ1) is 36.6. The van der Waals surface area contributed by atoms with Gasteiger partial charge in [0.05, 0.1) is 54.2 Å². The minimum atomic E-state index is -1.41. The monoisotopic (exact) mass is 739 g/mol. The molecule has 4 aromatic heterocycles. The van der Waals surface area contributed by atoms with Crippen molar-refractivity contribution in [3.63, 3.8) is 0 Å². The number of rotatable bonds is 17. The Hall–Kier alpha value is -5.74. The third-order valence-corrected chi connectivity index (χ3v) is 9.42. The van der Waals surface area contributed by atoms with Gasteiger partial charge in [0, 0.05) is 56.2 Å². The predicted octanol–water partition coefficient (Wildman–Crippen LogP) is 3.71. The molecule has 2 atom stereocenters. The van der Waals surface area contributed by atoms with Crippen LogP contribution in [0.15, 0.2) is 65.8 Å². The summed E-state index contributed by atoms with van der Waals surface area (Å²) in [6.45, 7) is 0.542. The third kappa shape index (κ3) is 8.72. The van der Waals surface area contributed by atoms with Crippen LogP contribution in [-0.2, 0) is 32.5 Å². The van der Waals surface area contributed by atoms with E-state index in [-0.39, 0.29) is 56.8 Å². The van der Waals surface area contributed by atoms with Crippen LogP contribution in [0.1, 0.15) is 54.1 Å². The summed E-state index contributed by atoms with van der Waals surface area (Å²) >= 11 is 0. The number of nitrogens with zero attached hydrogens (tertiary/aromatic N) is 5. The molecule has 1 aliphatic heterocycles. The SMILES string of the molecule is Cn1c(=O)n(C2CCC(=O)NC2=O)c2ccc(CCCOCCOCC(F)CNC(=O)c3cnc(Nc4ccc5cnccc5n4)cc3NC3CC3)cc21.